The van der Waals surface area contributed by atoms with Crippen LogP contribution >= 0.6 is 0 Å². The van der Waals surface area contributed by atoms with Crippen molar-refractivity contribution in [3.63, 3.8) is 0 Å². The van der Waals surface area contributed by atoms with Gasteiger partial charge in [-0.25, -0.2) is 0 Å². The molecule has 0 spiro atoms. The van der Waals surface area contributed by atoms with Crippen molar-refractivity contribution < 1.29 is 4.79 Å². The number of carbonyl (C=O) groups excluding carboxylic acids is 1. The maximum absolute atomic E-state index is 12.2. The van der Waals surface area contributed by atoms with Crippen LogP contribution in [0.1, 0.15) is 84.0 Å². The Bertz CT molecular complexity index is 412. The van der Waals surface area contributed by atoms with Crippen LogP contribution in [0.25, 0.3) is 0 Å². The zero-order valence-electron chi connectivity index (χ0n) is 17.1. The molecule has 0 aromatic heterocycles. The molecular formula is C22H41N3O. The van der Waals surface area contributed by atoms with E-state index in [1.807, 2.05) is 0 Å². The molecule has 0 aromatic rings. The first-order chi connectivity index (χ1) is 12.8. The largest absolute Gasteiger partial charge is 0.355 e. The van der Waals surface area contributed by atoms with Crippen LogP contribution in [0.2, 0.25) is 0 Å². The number of hydrogen-bond acceptors (Lipinski definition) is 3. The molecule has 26 heavy (non-hydrogen) atoms. The van der Waals surface area contributed by atoms with Crippen LogP contribution in [0.15, 0.2) is 0 Å². The molecule has 0 radical (unpaired) electrons. The first-order valence-electron chi connectivity index (χ1n) is 11.5. The summed E-state index contributed by atoms with van der Waals surface area (Å²) in [5.74, 6) is 1.04. The van der Waals surface area contributed by atoms with Crippen molar-refractivity contribution in [2.45, 2.75) is 96.1 Å². The second kappa shape index (κ2) is 10.7. The molecule has 150 valence electrons. The van der Waals surface area contributed by atoms with Crippen LogP contribution in [0.5, 0.6) is 0 Å². The average molecular weight is 364 g/mol. The maximum atomic E-state index is 12.2. The zero-order chi connectivity index (χ0) is 18.2. The summed E-state index contributed by atoms with van der Waals surface area (Å²) in [7, 11) is 0. The molecular weight excluding hydrogens is 322 g/mol. The molecule has 2 aliphatic heterocycles. The molecule has 4 heteroatoms. The van der Waals surface area contributed by atoms with Gasteiger partial charge < -0.3 is 10.2 Å². The molecule has 4 nitrogen and oxygen atoms in total. The fraction of sp³-hybridized carbons (Fsp3) is 0.955. The van der Waals surface area contributed by atoms with Gasteiger partial charge in [0.25, 0.3) is 0 Å². The Hall–Kier alpha value is -0.610. The molecule has 1 amide bonds. The van der Waals surface area contributed by atoms with Crippen molar-refractivity contribution in [1.82, 2.24) is 15.1 Å². The van der Waals surface area contributed by atoms with Gasteiger partial charge >= 0.3 is 0 Å². The third-order valence-electron chi connectivity index (χ3n) is 7.21. The van der Waals surface area contributed by atoms with Gasteiger partial charge in [-0.3, -0.25) is 9.69 Å². The number of amides is 1. The molecule has 3 aliphatic rings. The van der Waals surface area contributed by atoms with Crippen LogP contribution in [0.3, 0.4) is 0 Å². The molecule has 1 unspecified atom stereocenters. The number of likely N-dealkylation sites (tertiary alicyclic amines) is 2. The Labute approximate surface area is 161 Å². The Morgan fingerprint density at radius 3 is 2.35 bits per heavy atom. The first kappa shape index (κ1) is 20.1. The highest BCUT2D eigenvalue weighted by Crippen LogP contribution is 2.28. The number of rotatable bonds is 7. The molecule has 3 rings (SSSR count). The minimum absolute atomic E-state index is 0.277. The number of nitrogens with zero attached hydrogens (tertiary/aromatic N) is 2. The monoisotopic (exact) mass is 363 g/mol. The van der Waals surface area contributed by atoms with Gasteiger partial charge in [0.2, 0.25) is 5.91 Å². The topological polar surface area (TPSA) is 35.6 Å². The molecule has 0 bridgehead atoms. The molecule has 1 N–H and O–H groups in total. The van der Waals surface area contributed by atoms with E-state index < -0.39 is 0 Å². The van der Waals surface area contributed by atoms with Crippen molar-refractivity contribution in [3.8, 4) is 0 Å². The van der Waals surface area contributed by atoms with Gasteiger partial charge in [-0.1, -0.05) is 32.6 Å². The summed E-state index contributed by atoms with van der Waals surface area (Å²) in [6, 6.07) is 1.43. The van der Waals surface area contributed by atoms with E-state index in [9.17, 15) is 4.79 Å². The molecule has 3 fully saturated rings. The Kier molecular flexibility index (Phi) is 8.25. The number of likely N-dealkylation sites (N-methyl/N-ethyl adjacent to an activating group) is 1. The van der Waals surface area contributed by atoms with E-state index in [4.69, 9.17) is 0 Å². The van der Waals surface area contributed by atoms with E-state index in [2.05, 4.69) is 22.0 Å². The molecule has 2 heterocycles. The average Bonchev–Trinajstić information content (AvgIpc) is 2.96. The predicted octanol–water partition coefficient (Wildman–Crippen LogP) is 3.80. The summed E-state index contributed by atoms with van der Waals surface area (Å²) in [6.45, 7) is 7.93. The molecule has 1 aliphatic carbocycles. The summed E-state index contributed by atoms with van der Waals surface area (Å²) >= 11 is 0. The summed E-state index contributed by atoms with van der Waals surface area (Å²) in [5, 5.41) is 3.20. The van der Waals surface area contributed by atoms with Gasteiger partial charge in [-0.2, -0.15) is 0 Å². The lowest BCUT2D eigenvalue weighted by molar-refractivity contribution is -0.121. The van der Waals surface area contributed by atoms with E-state index in [-0.39, 0.29) is 5.91 Å². The highest BCUT2D eigenvalue weighted by atomic mass is 16.1. The number of piperidine rings is 1. The minimum atomic E-state index is 0.277. The first-order valence-corrected chi connectivity index (χ1v) is 11.5. The van der Waals surface area contributed by atoms with Crippen molar-refractivity contribution >= 4 is 5.91 Å². The van der Waals surface area contributed by atoms with Crippen LogP contribution in [0.4, 0.5) is 0 Å². The lowest BCUT2D eigenvalue weighted by Gasteiger charge is -2.37. The summed E-state index contributed by atoms with van der Waals surface area (Å²) in [5.41, 5.74) is 0. The van der Waals surface area contributed by atoms with E-state index >= 15 is 0 Å². The molecule has 1 atom stereocenters. The van der Waals surface area contributed by atoms with E-state index in [1.165, 1.54) is 83.8 Å². The van der Waals surface area contributed by atoms with E-state index in [0.29, 0.717) is 6.04 Å². The fourth-order valence-electron chi connectivity index (χ4n) is 5.43. The van der Waals surface area contributed by atoms with Gasteiger partial charge in [-0.15, -0.1) is 0 Å². The lowest BCUT2D eigenvalue weighted by Crippen LogP contribution is -2.42. The van der Waals surface area contributed by atoms with Gasteiger partial charge in [-0.05, 0) is 77.0 Å². The van der Waals surface area contributed by atoms with Crippen molar-refractivity contribution in [1.29, 1.82) is 0 Å². The number of nitrogens with one attached hydrogen (secondary N) is 1. The van der Waals surface area contributed by atoms with E-state index in [0.717, 1.165) is 37.9 Å². The minimum Gasteiger partial charge on any atom is -0.355 e. The van der Waals surface area contributed by atoms with Crippen LogP contribution < -0.4 is 5.32 Å². The summed E-state index contributed by atoms with van der Waals surface area (Å²) in [6.07, 6.45) is 15.5. The maximum Gasteiger partial charge on any atom is 0.220 e. The van der Waals surface area contributed by atoms with Gasteiger partial charge in [0.1, 0.15) is 0 Å². The van der Waals surface area contributed by atoms with Crippen molar-refractivity contribution in [2.75, 3.05) is 32.7 Å². The SMILES string of the molecule is CCN1CCCC1CNC(=O)CCC1CCN(C2CCCCCC2)CC1. The van der Waals surface area contributed by atoms with Gasteiger partial charge in [0, 0.05) is 25.0 Å². The van der Waals surface area contributed by atoms with Crippen molar-refractivity contribution in [2.24, 2.45) is 5.92 Å². The summed E-state index contributed by atoms with van der Waals surface area (Å²) in [4.78, 5) is 17.5. The highest BCUT2D eigenvalue weighted by Gasteiger charge is 2.26. The zero-order valence-corrected chi connectivity index (χ0v) is 17.1. The van der Waals surface area contributed by atoms with E-state index in [1.54, 1.807) is 0 Å². The van der Waals surface area contributed by atoms with Crippen LogP contribution in [0, 0.1) is 5.92 Å². The molecule has 0 aromatic carbocycles. The second-order valence-corrected chi connectivity index (χ2v) is 8.89. The normalized spacial score (nSPS) is 27.5. The molecule has 1 saturated carbocycles. The summed E-state index contributed by atoms with van der Waals surface area (Å²) < 4.78 is 0. The van der Waals surface area contributed by atoms with Crippen LogP contribution in [-0.2, 0) is 4.79 Å². The molecule has 2 saturated heterocycles. The fourth-order valence-corrected chi connectivity index (χ4v) is 5.43. The van der Waals surface area contributed by atoms with Gasteiger partial charge in [0.05, 0.1) is 0 Å². The Balaban J connectivity index is 1.29. The standard InChI is InChI=1S/C22H41N3O/c1-2-24-15-7-10-21(24)18-23-22(26)12-11-19-13-16-25(17-14-19)20-8-5-3-4-6-9-20/h19-21H,2-18H2,1H3,(H,23,26). The Morgan fingerprint density at radius 2 is 1.65 bits per heavy atom. The third kappa shape index (κ3) is 5.95. The van der Waals surface area contributed by atoms with Crippen LogP contribution in [-0.4, -0.2) is 60.5 Å². The van der Waals surface area contributed by atoms with Crippen molar-refractivity contribution in [3.05, 3.63) is 0 Å². The highest BCUT2D eigenvalue weighted by molar-refractivity contribution is 5.75. The lowest BCUT2D eigenvalue weighted by atomic mass is 9.90. The predicted molar refractivity (Wildman–Crippen MR) is 108 cm³/mol. The number of hydrogen-bond donors (Lipinski definition) is 1. The van der Waals surface area contributed by atoms with Gasteiger partial charge in [0.15, 0.2) is 0 Å². The quantitative estimate of drug-likeness (QED) is 0.699. The smallest absolute Gasteiger partial charge is 0.220 e. The second-order valence-electron chi connectivity index (χ2n) is 8.89. The third-order valence-corrected chi connectivity index (χ3v) is 7.21. The Morgan fingerprint density at radius 1 is 0.923 bits per heavy atom. The number of carbonyl (C=O) groups is 1.